The Morgan fingerprint density at radius 3 is 2.47 bits per heavy atom. The Morgan fingerprint density at radius 1 is 1.17 bits per heavy atom. The van der Waals surface area contributed by atoms with Crippen LogP contribution in [0.25, 0.3) is 6.08 Å². The van der Waals surface area contributed by atoms with Crippen molar-refractivity contribution in [3.8, 4) is 5.75 Å². The number of allylic oxidation sites excluding steroid dienone is 1. The van der Waals surface area contributed by atoms with E-state index in [1.54, 1.807) is 24.5 Å². The predicted octanol–water partition coefficient (Wildman–Crippen LogP) is 3.43. The van der Waals surface area contributed by atoms with Crippen molar-refractivity contribution in [1.29, 1.82) is 0 Å². The molecule has 36 heavy (non-hydrogen) atoms. The van der Waals surface area contributed by atoms with E-state index in [1.165, 1.54) is 11.3 Å². The van der Waals surface area contributed by atoms with Crippen LogP contribution in [-0.4, -0.2) is 37.8 Å². The second-order valence-corrected chi connectivity index (χ2v) is 9.47. The van der Waals surface area contributed by atoms with Crippen molar-refractivity contribution in [3.63, 3.8) is 0 Å². The third kappa shape index (κ3) is 5.04. The minimum atomic E-state index is -0.660. The Kier molecular flexibility index (Phi) is 7.55. The Labute approximate surface area is 213 Å². The molecule has 186 valence electrons. The number of ether oxygens (including phenoxy) is 2. The van der Waals surface area contributed by atoms with Crippen LogP contribution in [0.5, 0.6) is 5.75 Å². The van der Waals surface area contributed by atoms with Crippen LogP contribution in [-0.2, 0) is 9.53 Å². The van der Waals surface area contributed by atoms with Gasteiger partial charge in [-0.25, -0.2) is 9.79 Å². The van der Waals surface area contributed by atoms with Crippen LogP contribution in [0.4, 0.5) is 5.69 Å². The van der Waals surface area contributed by atoms with Gasteiger partial charge >= 0.3 is 5.97 Å². The zero-order valence-electron chi connectivity index (χ0n) is 20.9. The number of hydrogen-bond acceptors (Lipinski definition) is 7. The molecule has 3 aromatic rings. The molecule has 0 amide bonds. The summed E-state index contributed by atoms with van der Waals surface area (Å²) >= 11 is 1.31. The SMILES string of the molecule is C=CCOc1ccc([C@@H]2C(C(=O)OCC)=C(C)N=c3s/c(=C\c4ccc(N(C)C)cc4)c(=O)n32)cc1. The first-order valence-corrected chi connectivity index (χ1v) is 12.5. The molecule has 2 heterocycles. The summed E-state index contributed by atoms with van der Waals surface area (Å²) in [7, 11) is 3.96. The second kappa shape index (κ2) is 10.8. The Balaban J connectivity index is 1.85. The Bertz CT molecular complexity index is 1480. The van der Waals surface area contributed by atoms with Crippen molar-refractivity contribution in [2.75, 3.05) is 32.2 Å². The summed E-state index contributed by atoms with van der Waals surface area (Å²) in [6.45, 7) is 7.81. The summed E-state index contributed by atoms with van der Waals surface area (Å²) in [6.07, 6.45) is 3.53. The molecule has 1 aromatic heterocycles. The molecule has 0 fully saturated rings. The fraction of sp³-hybridized carbons (Fsp3) is 0.250. The van der Waals surface area contributed by atoms with Crippen LogP contribution in [0, 0.1) is 0 Å². The minimum Gasteiger partial charge on any atom is -0.490 e. The minimum absolute atomic E-state index is 0.207. The Morgan fingerprint density at radius 2 is 1.86 bits per heavy atom. The quantitative estimate of drug-likeness (QED) is 0.348. The summed E-state index contributed by atoms with van der Waals surface area (Å²) in [5.41, 5.74) is 3.43. The lowest BCUT2D eigenvalue weighted by atomic mass is 9.96. The molecule has 0 N–H and O–H groups in total. The number of rotatable bonds is 8. The monoisotopic (exact) mass is 503 g/mol. The third-order valence-electron chi connectivity index (χ3n) is 5.79. The van der Waals surface area contributed by atoms with E-state index in [-0.39, 0.29) is 12.2 Å². The molecule has 0 saturated heterocycles. The van der Waals surface area contributed by atoms with Crippen LogP contribution < -0.4 is 24.5 Å². The normalized spacial score (nSPS) is 15.2. The van der Waals surface area contributed by atoms with Crippen molar-refractivity contribution in [3.05, 3.63) is 103 Å². The number of thiazole rings is 1. The highest BCUT2D eigenvalue weighted by Crippen LogP contribution is 2.31. The summed E-state index contributed by atoms with van der Waals surface area (Å²) in [4.78, 5) is 33.9. The molecule has 0 unspecified atom stereocenters. The third-order valence-corrected chi connectivity index (χ3v) is 6.77. The number of benzene rings is 2. The molecular formula is C28H29N3O4S. The molecule has 8 heteroatoms. The first-order chi connectivity index (χ1) is 17.3. The van der Waals surface area contributed by atoms with E-state index in [1.807, 2.05) is 73.6 Å². The number of aromatic nitrogens is 1. The van der Waals surface area contributed by atoms with Crippen molar-refractivity contribution in [2.24, 2.45) is 4.99 Å². The number of carbonyl (C=O) groups is 1. The summed E-state index contributed by atoms with van der Waals surface area (Å²) < 4.78 is 13.1. The van der Waals surface area contributed by atoms with Crippen LogP contribution in [0.15, 0.2) is 82.2 Å². The van der Waals surface area contributed by atoms with E-state index in [9.17, 15) is 9.59 Å². The van der Waals surface area contributed by atoms with Crippen LogP contribution in [0.1, 0.15) is 31.0 Å². The highest BCUT2D eigenvalue weighted by Gasteiger charge is 2.33. The van der Waals surface area contributed by atoms with E-state index in [2.05, 4.69) is 11.6 Å². The molecule has 1 aliphatic rings. The lowest BCUT2D eigenvalue weighted by Crippen LogP contribution is -2.39. The lowest BCUT2D eigenvalue weighted by Gasteiger charge is -2.24. The van der Waals surface area contributed by atoms with Gasteiger partial charge in [0.15, 0.2) is 4.80 Å². The standard InChI is InChI=1S/C28H29N3O4S/c1-6-16-35-22-14-10-20(11-15-22)25-24(27(33)34-7-2)18(3)29-28-31(25)26(32)23(36-28)17-19-8-12-21(13-9-19)30(4)5/h6,8-15,17,25H,1,7,16H2,2-5H3/b23-17-/t25-/m1/s1. The van der Waals surface area contributed by atoms with Crippen molar-refractivity contribution in [2.45, 2.75) is 19.9 Å². The van der Waals surface area contributed by atoms with Gasteiger partial charge in [0.25, 0.3) is 5.56 Å². The topological polar surface area (TPSA) is 73.1 Å². The number of carbonyl (C=O) groups excluding carboxylic acids is 1. The van der Waals surface area contributed by atoms with Gasteiger partial charge < -0.3 is 14.4 Å². The molecule has 1 atom stereocenters. The van der Waals surface area contributed by atoms with E-state index in [0.717, 1.165) is 16.8 Å². The zero-order chi connectivity index (χ0) is 25.8. The highest BCUT2D eigenvalue weighted by molar-refractivity contribution is 7.07. The van der Waals surface area contributed by atoms with E-state index >= 15 is 0 Å². The predicted molar refractivity (Wildman–Crippen MR) is 143 cm³/mol. The molecule has 0 bridgehead atoms. The molecule has 0 radical (unpaired) electrons. The van der Waals surface area contributed by atoms with Gasteiger partial charge in [0.2, 0.25) is 0 Å². The average Bonchev–Trinajstić information content (AvgIpc) is 3.16. The van der Waals surface area contributed by atoms with Gasteiger partial charge in [-0.15, -0.1) is 0 Å². The molecule has 2 aromatic carbocycles. The van der Waals surface area contributed by atoms with Gasteiger partial charge in [0, 0.05) is 19.8 Å². The lowest BCUT2D eigenvalue weighted by molar-refractivity contribution is -0.139. The molecule has 0 saturated carbocycles. The first kappa shape index (κ1) is 25.2. The van der Waals surface area contributed by atoms with Crippen LogP contribution in [0.2, 0.25) is 0 Å². The molecule has 4 rings (SSSR count). The molecule has 1 aliphatic heterocycles. The van der Waals surface area contributed by atoms with Crippen LogP contribution in [0.3, 0.4) is 0 Å². The number of esters is 1. The largest absolute Gasteiger partial charge is 0.490 e. The fourth-order valence-corrected chi connectivity index (χ4v) is 5.08. The van der Waals surface area contributed by atoms with Gasteiger partial charge in [-0.2, -0.15) is 0 Å². The van der Waals surface area contributed by atoms with Gasteiger partial charge in [-0.1, -0.05) is 48.3 Å². The molecule has 7 nitrogen and oxygen atoms in total. The van der Waals surface area contributed by atoms with E-state index in [4.69, 9.17) is 9.47 Å². The maximum Gasteiger partial charge on any atom is 0.338 e. The number of fused-ring (bicyclic) bond motifs is 1. The Hall–Kier alpha value is -3.91. The van der Waals surface area contributed by atoms with Crippen molar-refractivity contribution >= 4 is 29.1 Å². The first-order valence-electron chi connectivity index (χ1n) is 11.6. The maximum absolute atomic E-state index is 13.7. The summed E-state index contributed by atoms with van der Waals surface area (Å²) in [5.74, 6) is 0.190. The van der Waals surface area contributed by atoms with Gasteiger partial charge in [0.05, 0.1) is 28.5 Å². The van der Waals surface area contributed by atoms with Gasteiger partial charge in [0.1, 0.15) is 12.4 Å². The summed E-state index contributed by atoms with van der Waals surface area (Å²) in [6, 6.07) is 14.7. The van der Waals surface area contributed by atoms with Gasteiger partial charge in [-0.3, -0.25) is 9.36 Å². The molecular weight excluding hydrogens is 474 g/mol. The fourth-order valence-electron chi connectivity index (χ4n) is 4.03. The second-order valence-electron chi connectivity index (χ2n) is 8.46. The molecule has 0 spiro atoms. The molecule has 0 aliphatic carbocycles. The van der Waals surface area contributed by atoms with Crippen molar-refractivity contribution in [1.82, 2.24) is 4.57 Å². The zero-order valence-corrected chi connectivity index (χ0v) is 21.7. The highest BCUT2D eigenvalue weighted by atomic mass is 32.1. The number of nitrogens with zero attached hydrogens (tertiary/aromatic N) is 3. The summed E-state index contributed by atoms with van der Waals surface area (Å²) in [5, 5.41) is 0. The number of hydrogen-bond donors (Lipinski definition) is 0. The van der Waals surface area contributed by atoms with Gasteiger partial charge in [-0.05, 0) is 55.3 Å². The smallest absolute Gasteiger partial charge is 0.338 e. The van der Waals surface area contributed by atoms with Crippen molar-refractivity contribution < 1.29 is 14.3 Å². The number of anilines is 1. The average molecular weight is 504 g/mol. The maximum atomic E-state index is 13.7. The van der Waals surface area contributed by atoms with E-state index in [0.29, 0.717) is 33.0 Å². The van der Waals surface area contributed by atoms with Crippen LogP contribution >= 0.6 is 11.3 Å². The van der Waals surface area contributed by atoms with E-state index < -0.39 is 12.0 Å².